The predicted molar refractivity (Wildman–Crippen MR) is 53.3 cm³/mol. The van der Waals surface area contributed by atoms with E-state index in [1.807, 2.05) is 0 Å². The summed E-state index contributed by atoms with van der Waals surface area (Å²) in [5.41, 5.74) is 7.56. The average molecular weight is 255 g/mol. The van der Waals surface area contributed by atoms with Gasteiger partial charge in [0.05, 0.1) is 0 Å². The molecule has 0 spiro atoms. The largest absolute Gasteiger partial charge is 0.480 e. The average Bonchev–Trinajstić information content (AvgIpc) is 1.99. The van der Waals surface area contributed by atoms with Crippen molar-refractivity contribution < 1.29 is 18.7 Å². The number of hydrogen-bond donors (Lipinski definition) is 3. The second-order valence-electron chi connectivity index (χ2n) is 2.54. The molecular formula is C6H14Cl2F2N2O2. The highest BCUT2D eigenvalue weighted by atomic mass is 35.5. The van der Waals surface area contributed by atoms with E-state index in [0.29, 0.717) is 0 Å². The number of halogens is 4. The van der Waals surface area contributed by atoms with Crippen LogP contribution >= 0.6 is 24.8 Å². The minimum Gasteiger partial charge on any atom is -0.480 e. The third kappa shape index (κ3) is 4.90. The van der Waals surface area contributed by atoms with Crippen LogP contribution in [0.25, 0.3) is 0 Å². The summed E-state index contributed by atoms with van der Waals surface area (Å²) < 4.78 is 24.2. The van der Waals surface area contributed by atoms with Crippen LogP contribution in [0.4, 0.5) is 8.78 Å². The van der Waals surface area contributed by atoms with Gasteiger partial charge in [-0.25, -0.2) is 13.6 Å². The lowest BCUT2D eigenvalue weighted by Crippen LogP contribution is -2.54. The highest BCUT2D eigenvalue weighted by Gasteiger charge is 2.42. The van der Waals surface area contributed by atoms with Crippen LogP contribution in [-0.4, -0.2) is 29.6 Å². The van der Waals surface area contributed by atoms with E-state index >= 15 is 0 Å². The van der Waals surface area contributed by atoms with Crippen molar-refractivity contribution in [3.63, 3.8) is 0 Å². The lowest BCUT2D eigenvalue weighted by Gasteiger charge is -2.22. The molecule has 0 aromatic heterocycles. The van der Waals surface area contributed by atoms with Gasteiger partial charge in [0.2, 0.25) is 0 Å². The number of nitrogens with two attached hydrogens (primary N) is 2. The van der Waals surface area contributed by atoms with E-state index in [-0.39, 0.29) is 44.2 Å². The van der Waals surface area contributed by atoms with Crippen molar-refractivity contribution in [1.82, 2.24) is 0 Å². The first-order valence-corrected chi connectivity index (χ1v) is 3.45. The molecule has 14 heavy (non-hydrogen) atoms. The SMILES string of the molecule is Cl.Cl.NCCC[C@@](N)(C(=O)O)C(F)F. The highest BCUT2D eigenvalue weighted by Crippen LogP contribution is 2.18. The molecule has 1 atom stereocenters. The van der Waals surface area contributed by atoms with Gasteiger partial charge in [0, 0.05) is 0 Å². The van der Waals surface area contributed by atoms with Crippen molar-refractivity contribution in [2.75, 3.05) is 6.54 Å². The molecule has 8 heteroatoms. The molecule has 0 heterocycles. The van der Waals surface area contributed by atoms with E-state index in [9.17, 15) is 13.6 Å². The highest BCUT2D eigenvalue weighted by molar-refractivity contribution is 5.85. The van der Waals surface area contributed by atoms with Crippen molar-refractivity contribution in [3.8, 4) is 0 Å². The third-order valence-electron chi connectivity index (χ3n) is 1.58. The summed E-state index contributed by atoms with van der Waals surface area (Å²) >= 11 is 0. The van der Waals surface area contributed by atoms with Crippen LogP contribution in [0.5, 0.6) is 0 Å². The zero-order chi connectivity index (χ0) is 9.78. The summed E-state index contributed by atoms with van der Waals surface area (Å²) in [4.78, 5) is 10.3. The van der Waals surface area contributed by atoms with Crippen molar-refractivity contribution in [3.05, 3.63) is 0 Å². The lowest BCUT2D eigenvalue weighted by molar-refractivity contribution is -0.150. The van der Waals surface area contributed by atoms with Gasteiger partial charge in [-0.15, -0.1) is 24.8 Å². The van der Waals surface area contributed by atoms with Crippen molar-refractivity contribution >= 4 is 30.8 Å². The van der Waals surface area contributed by atoms with Crippen LogP contribution in [0, 0.1) is 0 Å². The van der Waals surface area contributed by atoms with Crippen LogP contribution in [-0.2, 0) is 4.79 Å². The maximum Gasteiger partial charge on any atom is 0.329 e. The van der Waals surface area contributed by atoms with E-state index < -0.39 is 17.9 Å². The number of carboxylic acid groups (broad SMARTS) is 1. The molecule has 0 unspecified atom stereocenters. The van der Waals surface area contributed by atoms with Crippen LogP contribution in [0.1, 0.15) is 12.8 Å². The Morgan fingerprint density at radius 1 is 1.43 bits per heavy atom. The molecule has 0 saturated carbocycles. The van der Waals surface area contributed by atoms with Gasteiger partial charge >= 0.3 is 5.97 Å². The fourth-order valence-electron chi connectivity index (χ4n) is 0.704. The van der Waals surface area contributed by atoms with E-state index in [1.165, 1.54) is 0 Å². The van der Waals surface area contributed by atoms with E-state index in [2.05, 4.69) is 0 Å². The Bertz CT molecular complexity index is 174. The molecule has 4 nitrogen and oxygen atoms in total. The molecule has 0 aromatic rings. The van der Waals surface area contributed by atoms with Crippen LogP contribution < -0.4 is 11.5 Å². The van der Waals surface area contributed by atoms with E-state index in [4.69, 9.17) is 16.6 Å². The molecule has 0 amide bonds. The van der Waals surface area contributed by atoms with Gasteiger partial charge in [-0.05, 0) is 19.4 Å². The molecule has 0 aliphatic heterocycles. The summed E-state index contributed by atoms with van der Waals surface area (Å²) in [6.45, 7) is 0.152. The minimum absolute atomic E-state index is 0. The molecular weight excluding hydrogens is 241 g/mol. The first-order valence-electron chi connectivity index (χ1n) is 3.45. The molecule has 5 N–H and O–H groups in total. The Morgan fingerprint density at radius 3 is 2.07 bits per heavy atom. The number of alkyl halides is 2. The Labute approximate surface area is 92.8 Å². The van der Waals surface area contributed by atoms with Gasteiger partial charge in [0.25, 0.3) is 6.43 Å². The van der Waals surface area contributed by atoms with Gasteiger partial charge < -0.3 is 16.6 Å². The number of hydrogen-bond acceptors (Lipinski definition) is 3. The Balaban J connectivity index is -0.000000605. The maximum atomic E-state index is 12.1. The maximum absolute atomic E-state index is 12.1. The molecule has 0 bridgehead atoms. The van der Waals surface area contributed by atoms with Crippen LogP contribution in [0.15, 0.2) is 0 Å². The Kier molecular flexibility index (Phi) is 11.3. The zero-order valence-electron chi connectivity index (χ0n) is 7.28. The number of carboxylic acids is 1. The van der Waals surface area contributed by atoms with Gasteiger partial charge in [0.15, 0.2) is 5.54 Å². The van der Waals surface area contributed by atoms with Crippen molar-refractivity contribution in [1.29, 1.82) is 0 Å². The van der Waals surface area contributed by atoms with Gasteiger partial charge in [-0.1, -0.05) is 0 Å². The van der Waals surface area contributed by atoms with Crippen LogP contribution in [0.3, 0.4) is 0 Å². The molecule has 0 fully saturated rings. The van der Waals surface area contributed by atoms with Crippen LogP contribution in [0.2, 0.25) is 0 Å². The molecule has 0 radical (unpaired) electrons. The molecule has 0 rings (SSSR count). The number of rotatable bonds is 5. The summed E-state index contributed by atoms with van der Waals surface area (Å²) in [7, 11) is 0. The monoisotopic (exact) mass is 254 g/mol. The van der Waals surface area contributed by atoms with E-state index in [1.54, 1.807) is 0 Å². The molecule has 0 aliphatic rings. The van der Waals surface area contributed by atoms with Gasteiger partial charge in [-0.2, -0.15) is 0 Å². The van der Waals surface area contributed by atoms with Gasteiger partial charge in [0.1, 0.15) is 0 Å². The summed E-state index contributed by atoms with van der Waals surface area (Å²) in [6.07, 6.45) is -3.20. The quantitative estimate of drug-likeness (QED) is 0.671. The van der Waals surface area contributed by atoms with Crippen molar-refractivity contribution in [2.24, 2.45) is 11.5 Å². The fourth-order valence-corrected chi connectivity index (χ4v) is 0.704. The second kappa shape index (κ2) is 8.16. The summed E-state index contributed by atoms with van der Waals surface area (Å²) in [5.74, 6) is -1.69. The first-order chi connectivity index (χ1) is 5.45. The number of carbonyl (C=O) groups is 1. The minimum atomic E-state index is -3.07. The Morgan fingerprint density at radius 2 is 1.86 bits per heavy atom. The van der Waals surface area contributed by atoms with E-state index in [0.717, 1.165) is 0 Å². The van der Waals surface area contributed by atoms with Gasteiger partial charge in [-0.3, -0.25) is 0 Å². The summed E-state index contributed by atoms with van der Waals surface area (Å²) in [6, 6.07) is 0. The predicted octanol–water partition coefficient (Wildman–Crippen LogP) is 0.616. The first kappa shape index (κ1) is 19.4. The zero-order valence-corrected chi connectivity index (χ0v) is 8.91. The molecule has 0 aromatic carbocycles. The second-order valence-corrected chi connectivity index (χ2v) is 2.54. The Hall–Kier alpha value is -0.170. The third-order valence-corrected chi connectivity index (χ3v) is 1.58. The lowest BCUT2D eigenvalue weighted by atomic mass is 9.95. The normalized spacial score (nSPS) is 13.8. The standard InChI is InChI=1S/C6H12F2N2O2.2ClH/c7-4(8)6(10,5(11)12)2-1-3-9;;/h4H,1-3,9-10H2,(H,11,12);2*1H/t6-;;/m0../s1. The molecule has 0 aliphatic carbocycles. The molecule has 88 valence electrons. The van der Waals surface area contributed by atoms with Crippen molar-refractivity contribution in [2.45, 2.75) is 24.8 Å². The number of aliphatic carboxylic acids is 1. The fraction of sp³-hybridized carbons (Fsp3) is 0.833. The topological polar surface area (TPSA) is 89.3 Å². The molecule has 0 saturated heterocycles. The smallest absolute Gasteiger partial charge is 0.329 e. The summed E-state index contributed by atoms with van der Waals surface area (Å²) in [5, 5.41) is 8.38.